The van der Waals surface area contributed by atoms with Crippen molar-refractivity contribution in [3.8, 4) is 0 Å². The van der Waals surface area contributed by atoms with Gasteiger partial charge < -0.3 is 10.6 Å². The van der Waals surface area contributed by atoms with Crippen molar-refractivity contribution in [3.05, 3.63) is 41.6 Å². The minimum absolute atomic E-state index is 0.152. The van der Waals surface area contributed by atoms with Crippen LogP contribution >= 0.6 is 11.6 Å². The summed E-state index contributed by atoms with van der Waals surface area (Å²) in [5.41, 5.74) is 6.13. The minimum Gasteiger partial charge on any atom is -0.399 e. The number of nitrogens with zero attached hydrogens (tertiary/aromatic N) is 2. The zero-order valence-corrected chi connectivity index (χ0v) is 13.4. The Labute approximate surface area is 134 Å². The number of hydrogen-bond acceptors (Lipinski definition) is 5. The summed E-state index contributed by atoms with van der Waals surface area (Å²) in [6.07, 6.45) is 2.16. The number of anilines is 2. The molecule has 0 unspecified atom stereocenters. The van der Waals surface area contributed by atoms with Crippen molar-refractivity contribution in [1.29, 1.82) is 0 Å². The molecule has 0 bridgehead atoms. The number of rotatable bonds is 3. The quantitative estimate of drug-likeness (QED) is 0.688. The molecular weight excluding hydrogens is 322 g/mol. The van der Waals surface area contributed by atoms with Crippen LogP contribution in [-0.4, -0.2) is 26.5 Å². The molecule has 0 amide bonds. The molecule has 1 aromatic heterocycles. The highest BCUT2D eigenvalue weighted by atomic mass is 35.5. The second kappa shape index (κ2) is 5.78. The van der Waals surface area contributed by atoms with E-state index >= 15 is 0 Å². The third-order valence-corrected chi connectivity index (χ3v) is 5.63. The zero-order valence-electron chi connectivity index (χ0n) is 11.9. The van der Waals surface area contributed by atoms with Crippen LogP contribution in [0.3, 0.4) is 0 Å². The predicted molar refractivity (Wildman–Crippen MR) is 87.0 cm³/mol. The summed E-state index contributed by atoms with van der Waals surface area (Å²) in [4.78, 5) is 6.64. The first-order chi connectivity index (χ1) is 10.5. The lowest BCUT2D eigenvalue weighted by Gasteiger charge is -2.17. The van der Waals surface area contributed by atoms with E-state index in [1.165, 1.54) is 18.2 Å². The third-order valence-electron chi connectivity index (χ3n) is 3.68. The predicted octanol–water partition coefficient (Wildman–Crippen LogP) is 2.75. The Balaban J connectivity index is 2.04. The molecule has 116 valence electrons. The highest BCUT2D eigenvalue weighted by Gasteiger charge is 2.22. The number of nitrogens with two attached hydrogens (primary N) is 1. The third kappa shape index (κ3) is 2.89. The first-order valence-corrected chi connectivity index (χ1v) is 8.86. The molecule has 2 heterocycles. The average molecular weight is 338 g/mol. The fraction of sp³-hybridized carbons (Fsp3) is 0.267. The van der Waals surface area contributed by atoms with Gasteiger partial charge in [0.05, 0.1) is 9.79 Å². The average Bonchev–Trinajstić information content (AvgIpc) is 3.01. The minimum atomic E-state index is -3.64. The Morgan fingerprint density at radius 1 is 1.05 bits per heavy atom. The first-order valence-electron chi connectivity index (χ1n) is 7.00. The summed E-state index contributed by atoms with van der Waals surface area (Å²) in [5, 5.41) is 0.179. The van der Waals surface area contributed by atoms with Gasteiger partial charge in [-0.25, -0.2) is 13.4 Å². The second-order valence-corrected chi connectivity index (χ2v) is 7.59. The maximum absolute atomic E-state index is 12.7. The fourth-order valence-corrected chi connectivity index (χ4v) is 4.07. The lowest BCUT2D eigenvalue weighted by Crippen LogP contribution is -2.19. The van der Waals surface area contributed by atoms with E-state index in [2.05, 4.69) is 4.98 Å². The Hall–Kier alpha value is -1.79. The maximum atomic E-state index is 12.7. The molecule has 0 spiro atoms. The number of benzene rings is 1. The van der Waals surface area contributed by atoms with Gasteiger partial charge in [-0.05, 0) is 49.2 Å². The van der Waals surface area contributed by atoms with Crippen LogP contribution in [0.1, 0.15) is 12.8 Å². The molecule has 22 heavy (non-hydrogen) atoms. The zero-order chi connectivity index (χ0) is 15.7. The standard InChI is InChI=1S/C15H16ClN3O2S/c16-14-9-13(10-15(18-14)19-7-1-2-8-19)22(20,21)12-5-3-11(17)4-6-12/h3-6,9-10H,1-2,7-8,17H2. The molecule has 1 aliphatic rings. The normalized spacial score (nSPS) is 15.2. The van der Waals surface area contributed by atoms with Crippen molar-refractivity contribution in [2.75, 3.05) is 23.7 Å². The molecule has 2 aromatic rings. The molecule has 5 nitrogen and oxygen atoms in total. The van der Waals surface area contributed by atoms with Gasteiger partial charge in [0.2, 0.25) is 9.84 Å². The summed E-state index contributed by atoms with van der Waals surface area (Å²) in [6, 6.07) is 9.09. The van der Waals surface area contributed by atoms with E-state index in [1.807, 2.05) is 4.90 Å². The van der Waals surface area contributed by atoms with Gasteiger partial charge >= 0.3 is 0 Å². The molecule has 2 N–H and O–H groups in total. The molecule has 0 radical (unpaired) electrons. The molecule has 1 fully saturated rings. The van der Waals surface area contributed by atoms with E-state index in [1.54, 1.807) is 18.2 Å². The molecule has 0 saturated carbocycles. The second-order valence-electron chi connectivity index (χ2n) is 5.25. The van der Waals surface area contributed by atoms with E-state index in [4.69, 9.17) is 17.3 Å². The van der Waals surface area contributed by atoms with Crippen molar-refractivity contribution >= 4 is 32.9 Å². The highest BCUT2D eigenvalue weighted by molar-refractivity contribution is 7.91. The van der Waals surface area contributed by atoms with E-state index in [-0.39, 0.29) is 14.9 Å². The molecule has 3 rings (SSSR count). The van der Waals surface area contributed by atoms with Gasteiger partial charge in [0.15, 0.2) is 0 Å². The van der Waals surface area contributed by atoms with Crippen LogP contribution in [0.25, 0.3) is 0 Å². The maximum Gasteiger partial charge on any atom is 0.206 e. The number of sulfone groups is 1. The summed E-state index contributed by atoms with van der Waals surface area (Å²) >= 11 is 6.02. The Kier molecular flexibility index (Phi) is 3.97. The highest BCUT2D eigenvalue weighted by Crippen LogP contribution is 2.28. The van der Waals surface area contributed by atoms with Crippen molar-refractivity contribution < 1.29 is 8.42 Å². The van der Waals surface area contributed by atoms with E-state index in [0.717, 1.165) is 25.9 Å². The van der Waals surface area contributed by atoms with Gasteiger partial charge in [-0.15, -0.1) is 0 Å². The van der Waals surface area contributed by atoms with Gasteiger partial charge in [-0.2, -0.15) is 0 Å². The van der Waals surface area contributed by atoms with Crippen LogP contribution < -0.4 is 10.6 Å². The topological polar surface area (TPSA) is 76.3 Å². The molecule has 1 aromatic carbocycles. The SMILES string of the molecule is Nc1ccc(S(=O)(=O)c2cc(Cl)nc(N3CCCC3)c2)cc1. The van der Waals surface area contributed by atoms with Crippen LogP contribution in [-0.2, 0) is 9.84 Å². The molecular formula is C15H16ClN3O2S. The number of halogens is 1. The summed E-state index contributed by atoms with van der Waals surface area (Å²) < 4.78 is 25.4. The van der Waals surface area contributed by atoms with E-state index in [0.29, 0.717) is 11.5 Å². The summed E-state index contributed by atoms with van der Waals surface area (Å²) in [6.45, 7) is 1.74. The molecule has 7 heteroatoms. The van der Waals surface area contributed by atoms with Crippen LogP contribution in [0.4, 0.5) is 11.5 Å². The van der Waals surface area contributed by atoms with Crippen molar-refractivity contribution in [2.45, 2.75) is 22.6 Å². The van der Waals surface area contributed by atoms with Crippen LogP contribution in [0.5, 0.6) is 0 Å². The molecule has 1 aliphatic heterocycles. The van der Waals surface area contributed by atoms with Crippen molar-refractivity contribution in [1.82, 2.24) is 4.98 Å². The van der Waals surface area contributed by atoms with Crippen molar-refractivity contribution in [3.63, 3.8) is 0 Å². The van der Waals surface area contributed by atoms with Gasteiger partial charge in [0.1, 0.15) is 11.0 Å². The Morgan fingerprint density at radius 2 is 1.68 bits per heavy atom. The number of hydrogen-bond donors (Lipinski definition) is 1. The molecule has 1 saturated heterocycles. The first kappa shape index (κ1) is 15.1. The Bertz CT molecular complexity index is 785. The van der Waals surface area contributed by atoms with Gasteiger partial charge in [0.25, 0.3) is 0 Å². The molecule has 0 aliphatic carbocycles. The van der Waals surface area contributed by atoms with Gasteiger partial charge in [0, 0.05) is 18.8 Å². The van der Waals surface area contributed by atoms with Gasteiger partial charge in [-0.1, -0.05) is 11.6 Å². The monoisotopic (exact) mass is 337 g/mol. The summed E-state index contributed by atoms with van der Waals surface area (Å²) in [7, 11) is -3.64. The fourth-order valence-electron chi connectivity index (χ4n) is 2.51. The lowest BCUT2D eigenvalue weighted by molar-refractivity contribution is 0.596. The number of nitrogen functional groups attached to an aromatic ring is 1. The van der Waals surface area contributed by atoms with E-state index in [9.17, 15) is 8.42 Å². The number of aromatic nitrogens is 1. The Morgan fingerprint density at radius 3 is 2.32 bits per heavy atom. The van der Waals surface area contributed by atoms with E-state index < -0.39 is 9.84 Å². The largest absolute Gasteiger partial charge is 0.399 e. The summed E-state index contributed by atoms with van der Waals surface area (Å²) in [5.74, 6) is 0.610. The van der Waals surface area contributed by atoms with Crippen LogP contribution in [0.2, 0.25) is 5.15 Å². The smallest absolute Gasteiger partial charge is 0.206 e. The van der Waals surface area contributed by atoms with Gasteiger partial charge in [-0.3, -0.25) is 0 Å². The lowest BCUT2D eigenvalue weighted by atomic mass is 10.3. The number of pyridine rings is 1. The van der Waals surface area contributed by atoms with Crippen LogP contribution in [0.15, 0.2) is 46.2 Å². The molecule has 0 atom stereocenters. The van der Waals surface area contributed by atoms with Crippen LogP contribution in [0, 0.1) is 0 Å². The van der Waals surface area contributed by atoms with Crippen molar-refractivity contribution in [2.24, 2.45) is 0 Å².